The highest BCUT2D eigenvalue weighted by Crippen LogP contribution is 2.49. The number of alkyl halides is 2. The topological polar surface area (TPSA) is 17.8 Å². The minimum atomic E-state index is -2.42. The second-order valence-corrected chi connectivity index (χ2v) is 4.66. The van der Waals surface area contributed by atoms with Crippen molar-refractivity contribution >= 4 is 0 Å². The van der Waals surface area contributed by atoms with Gasteiger partial charge in [-0.05, 0) is 24.3 Å². The van der Waals surface area contributed by atoms with Crippen LogP contribution < -0.4 is 0 Å². The molecule has 1 saturated carbocycles. The van der Waals surface area contributed by atoms with E-state index in [1.807, 2.05) is 27.1 Å². The van der Waals surface area contributed by atoms with E-state index in [1.54, 1.807) is 4.68 Å². The molecule has 4 heteroatoms. The van der Waals surface area contributed by atoms with Crippen molar-refractivity contribution in [3.05, 3.63) is 17.5 Å². The zero-order valence-electron chi connectivity index (χ0n) is 9.30. The molecule has 2 nitrogen and oxygen atoms in total. The lowest BCUT2D eigenvalue weighted by atomic mass is 9.71. The van der Waals surface area contributed by atoms with E-state index in [-0.39, 0.29) is 24.7 Å². The van der Waals surface area contributed by atoms with Crippen molar-refractivity contribution in [2.75, 3.05) is 0 Å². The second kappa shape index (κ2) is 3.29. The Balaban J connectivity index is 2.09. The van der Waals surface area contributed by atoms with Gasteiger partial charge in [0.25, 0.3) is 0 Å². The largest absolute Gasteiger partial charge is 0.275 e. The van der Waals surface area contributed by atoms with Gasteiger partial charge in [-0.2, -0.15) is 5.10 Å². The Morgan fingerprint density at radius 1 is 1.53 bits per heavy atom. The Labute approximate surface area is 88.3 Å². The Morgan fingerprint density at radius 2 is 2.13 bits per heavy atom. The van der Waals surface area contributed by atoms with Crippen LogP contribution in [0.5, 0.6) is 0 Å². The summed E-state index contributed by atoms with van der Waals surface area (Å²) in [5.41, 5.74) is 2.07. The monoisotopic (exact) mass is 214 g/mol. The molecule has 0 radical (unpaired) electrons. The van der Waals surface area contributed by atoms with Crippen molar-refractivity contribution in [3.8, 4) is 0 Å². The van der Waals surface area contributed by atoms with E-state index in [1.165, 1.54) is 0 Å². The fourth-order valence-corrected chi connectivity index (χ4v) is 2.38. The first kappa shape index (κ1) is 10.6. The van der Waals surface area contributed by atoms with Gasteiger partial charge in [-0.3, -0.25) is 4.68 Å². The van der Waals surface area contributed by atoms with Crippen molar-refractivity contribution in [3.63, 3.8) is 0 Å². The maximum atomic E-state index is 12.7. The van der Waals surface area contributed by atoms with Gasteiger partial charge >= 0.3 is 0 Å². The minimum Gasteiger partial charge on any atom is -0.275 e. The number of hydrogen-bond donors (Lipinski definition) is 0. The molecule has 84 valence electrons. The number of halogens is 2. The third-order valence-corrected chi connectivity index (χ3v) is 3.37. The molecule has 0 aromatic carbocycles. The first-order valence-electron chi connectivity index (χ1n) is 5.27. The van der Waals surface area contributed by atoms with Crippen molar-refractivity contribution in [2.45, 2.75) is 38.5 Å². The van der Waals surface area contributed by atoms with Crippen LogP contribution in [0.2, 0.25) is 0 Å². The Hall–Kier alpha value is -0.930. The van der Waals surface area contributed by atoms with Gasteiger partial charge in [0.1, 0.15) is 0 Å². The van der Waals surface area contributed by atoms with Crippen LogP contribution in [-0.2, 0) is 7.05 Å². The number of nitrogens with zero attached hydrogens (tertiary/aromatic N) is 2. The van der Waals surface area contributed by atoms with E-state index in [0.29, 0.717) is 0 Å². The van der Waals surface area contributed by atoms with E-state index in [0.717, 1.165) is 11.3 Å². The lowest BCUT2D eigenvalue weighted by Gasteiger charge is -2.38. The first-order valence-corrected chi connectivity index (χ1v) is 5.27. The highest BCUT2D eigenvalue weighted by Gasteiger charge is 2.47. The lowest BCUT2D eigenvalue weighted by molar-refractivity contribution is -0.115. The highest BCUT2D eigenvalue weighted by molar-refractivity contribution is 5.22. The third kappa shape index (κ3) is 1.90. The summed E-state index contributed by atoms with van der Waals surface area (Å²) in [6.07, 6.45) is 2.00. The van der Waals surface area contributed by atoms with Gasteiger partial charge < -0.3 is 0 Å². The molecule has 1 heterocycles. The zero-order valence-corrected chi connectivity index (χ0v) is 9.30. The highest BCUT2D eigenvalue weighted by atomic mass is 19.3. The van der Waals surface area contributed by atoms with Gasteiger partial charge in [0.05, 0.1) is 5.69 Å². The van der Waals surface area contributed by atoms with Crippen LogP contribution in [0.25, 0.3) is 0 Å². The third-order valence-electron chi connectivity index (χ3n) is 3.37. The van der Waals surface area contributed by atoms with Crippen molar-refractivity contribution < 1.29 is 8.78 Å². The molecule has 0 aliphatic heterocycles. The Bertz CT molecular complexity index is 363. The lowest BCUT2D eigenvalue weighted by Crippen LogP contribution is -2.38. The molecule has 1 aromatic rings. The molecule has 1 aliphatic carbocycles. The van der Waals surface area contributed by atoms with E-state index in [9.17, 15) is 8.78 Å². The summed E-state index contributed by atoms with van der Waals surface area (Å²) >= 11 is 0. The van der Waals surface area contributed by atoms with Gasteiger partial charge in [-0.25, -0.2) is 8.78 Å². The molecule has 1 atom stereocenters. The predicted octanol–water partition coefficient (Wildman–Crippen LogP) is 2.88. The molecular formula is C11H16F2N2. The summed E-state index contributed by atoms with van der Waals surface area (Å²) in [6.45, 7) is 3.95. The first-order chi connectivity index (χ1) is 6.89. The quantitative estimate of drug-likeness (QED) is 0.740. The van der Waals surface area contributed by atoms with Crippen molar-refractivity contribution in [1.82, 2.24) is 9.78 Å². The van der Waals surface area contributed by atoms with E-state index >= 15 is 0 Å². The van der Waals surface area contributed by atoms with Crippen LogP contribution >= 0.6 is 0 Å². The summed E-state index contributed by atoms with van der Waals surface area (Å²) in [5, 5.41) is 4.24. The van der Waals surface area contributed by atoms with Crippen LogP contribution in [0, 0.1) is 12.8 Å². The van der Waals surface area contributed by atoms with Gasteiger partial charge in [0.2, 0.25) is 5.92 Å². The van der Waals surface area contributed by atoms with Crippen LogP contribution in [0.4, 0.5) is 8.78 Å². The van der Waals surface area contributed by atoms with Crippen LogP contribution in [0.3, 0.4) is 0 Å². The molecule has 1 aromatic heterocycles. The second-order valence-electron chi connectivity index (χ2n) is 4.66. The van der Waals surface area contributed by atoms with E-state index in [2.05, 4.69) is 5.10 Å². The average Bonchev–Trinajstić information content (AvgIpc) is 2.40. The van der Waals surface area contributed by atoms with E-state index in [4.69, 9.17) is 0 Å². The zero-order chi connectivity index (χ0) is 11.2. The van der Waals surface area contributed by atoms with Gasteiger partial charge in [-0.1, -0.05) is 6.92 Å². The maximum Gasteiger partial charge on any atom is 0.248 e. The van der Waals surface area contributed by atoms with Gasteiger partial charge in [0, 0.05) is 26.1 Å². The number of aryl methyl sites for hydroxylation is 2. The normalized spacial score (nSPS) is 22.5. The molecule has 0 spiro atoms. The molecule has 0 saturated heterocycles. The summed E-state index contributed by atoms with van der Waals surface area (Å²) in [5.74, 6) is -2.11. The smallest absolute Gasteiger partial charge is 0.248 e. The Morgan fingerprint density at radius 3 is 2.53 bits per heavy atom. The molecule has 1 aliphatic rings. The molecular weight excluding hydrogens is 198 g/mol. The molecule has 0 bridgehead atoms. The van der Waals surface area contributed by atoms with E-state index < -0.39 is 5.92 Å². The molecule has 0 amide bonds. The minimum absolute atomic E-state index is 0.0303. The number of aromatic nitrogens is 2. The van der Waals surface area contributed by atoms with Crippen molar-refractivity contribution in [1.29, 1.82) is 0 Å². The van der Waals surface area contributed by atoms with Crippen molar-refractivity contribution in [2.24, 2.45) is 13.0 Å². The molecule has 1 fully saturated rings. The molecule has 15 heavy (non-hydrogen) atoms. The average molecular weight is 214 g/mol. The SMILES string of the molecule is Cc1nn(C)cc1C(C)C1CC(F)(F)C1. The molecule has 1 unspecified atom stereocenters. The number of hydrogen-bond acceptors (Lipinski definition) is 1. The maximum absolute atomic E-state index is 12.7. The standard InChI is InChI=1S/C11H16F2N2/c1-7(9-4-11(12,13)5-9)10-6-15(3)14-8(10)2/h6-7,9H,4-5H2,1-3H3. The Kier molecular flexibility index (Phi) is 2.32. The summed E-state index contributed by atoms with van der Waals surface area (Å²) in [4.78, 5) is 0. The fourth-order valence-electron chi connectivity index (χ4n) is 2.38. The summed E-state index contributed by atoms with van der Waals surface area (Å²) < 4.78 is 27.2. The fraction of sp³-hybridized carbons (Fsp3) is 0.727. The van der Waals surface area contributed by atoms with Gasteiger partial charge in [-0.15, -0.1) is 0 Å². The van der Waals surface area contributed by atoms with Gasteiger partial charge in [0.15, 0.2) is 0 Å². The van der Waals surface area contributed by atoms with Crippen LogP contribution in [0.15, 0.2) is 6.20 Å². The number of rotatable bonds is 2. The summed E-state index contributed by atoms with van der Waals surface area (Å²) in [7, 11) is 1.86. The molecule has 2 rings (SSSR count). The van der Waals surface area contributed by atoms with Crippen LogP contribution in [-0.4, -0.2) is 15.7 Å². The van der Waals surface area contributed by atoms with Crippen LogP contribution in [0.1, 0.15) is 36.9 Å². The summed E-state index contributed by atoms with van der Waals surface area (Å²) in [6, 6.07) is 0. The predicted molar refractivity (Wildman–Crippen MR) is 54.0 cm³/mol. The molecule has 0 N–H and O–H groups in total.